The highest BCUT2D eigenvalue weighted by molar-refractivity contribution is 5.79. The van der Waals surface area contributed by atoms with E-state index in [0.29, 0.717) is 0 Å². The lowest BCUT2D eigenvalue weighted by Gasteiger charge is -2.19. The normalized spacial score (nSPS) is 28.5. The number of fused-ring (bicyclic) bond motifs is 1. The first-order valence-corrected chi connectivity index (χ1v) is 7.13. The van der Waals surface area contributed by atoms with Gasteiger partial charge in [0, 0.05) is 0 Å². The Bertz CT molecular complexity index is 699. The number of rotatable bonds is 3. The van der Waals surface area contributed by atoms with Crippen LogP contribution in [0.15, 0.2) is 12.1 Å². The van der Waals surface area contributed by atoms with Crippen LogP contribution in [0.4, 0.5) is 0 Å². The van der Waals surface area contributed by atoms with Crippen LogP contribution in [0.25, 0.3) is 11.0 Å². The summed E-state index contributed by atoms with van der Waals surface area (Å²) in [5.74, 6) is 0. The average molecular weight is 308 g/mol. The quantitative estimate of drug-likeness (QED) is 0.753. The second kappa shape index (κ2) is 5.51. The first-order chi connectivity index (χ1) is 10.5. The molecular formula is C15H20N2O5. The number of imidazole rings is 1. The van der Waals surface area contributed by atoms with Gasteiger partial charge < -0.3 is 24.8 Å². The van der Waals surface area contributed by atoms with Crippen molar-refractivity contribution in [2.75, 3.05) is 13.7 Å². The van der Waals surface area contributed by atoms with Crippen LogP contribution in [0.5, 0.6) is 6.01 Å². The van der Waals surface area contributed by atoms with Gasteiger partial charge in [-0.3, -0.25) is 4.57 Å². The van der Waals surface area contributed by atoms with Crippen LogP contribution in [0.1, 0.15) is 17.4 Å². The number of aryl methyl sites for hydroxylation is 2. The minimum atomic E-state index is -1.18. The molecule has 1 saturated heterocycles. The number of methoxy groups -OCH3 is 1. The van der Waals surface area contributed by atoms with Crippen LogP contribution in [-0.2, 0) is 4.74 Å². The highest BCUT2D eigenvalue weighted by atomic mass is 16.6. The molecule has 0 aliphatic carbocycles. The summed E-state index contributed by atoms with van der Waals surface area (Å²) < 4.78 is 12.5. The standard InChI is InChI=1S/C15H20N2O5/c1-7-4-9-10(5-8(7)2)17(15(16-9)21-3)14-13(20)12(19)11(6-18)22-14/h4-5,11-14,18-20H,6H2,1-3H3/t11-,12+,13+,14+/m0/s1. The van der Waals surface area contributed by atoms with Crippen molar-refractivity contribution in [2.24, 2.45) is 0 Å². The minimum Gasteiger partial charge on any atom is -0.468 e. The molecule has 22 heavy (non-hydrogen) atoms. The molecule has 0 saturated carbocycles. The van der Waals surface area contributed by atoms with E-state index in [1.54, 1.807) is 4.57 Å². The molecule has 2 heterocycles. The van der Waals surface area contributed by atoms with Gasteiger partial charge in [-0.05, 0) is 37.1 Å². The summed E-state index contributed by atoms with van der Waals surface area (Å²) in [5, 5.41) is 29.4. The monoisotopic (exact) mass is 308 g/mol. The molecule has 1 aliphatic rings. The maximum atomic E-state index is 10.2. The minimum absolute atomic E-state index is 0.287. The van der Waals surface area contributed by atoms with Crippen LogP contribution in [0.3, 0.4) is 0 Å². The number of aromatic nitrogens is 2. The highest BCUT2D eigenvalue weighted by Crippen LogP contribution is 2.36. The summed E-state index contributed by atoms with van der Waals surface area (Å²) in [6.07, 6.45) is -4.04. The fourth-order valence-corrected chi connectivity index (χ4v) is 2.81. The molecule has 0 amide bonds. The number of hydrogen-bond donors (Lipinski definition) is 3. The van der Waals surface area contributed by atoms with E-state index in [9.17, 15) is 15.3 Å². The lowest BCUT2D eigenvalue weighted by atomic mass is 10.1. The molecular weight excluding hydrogens is 288 g/mol. The molecule has 4 atom stereocenters. The second-order valence-corrected chi connectivity index (χ2v) is 5.62. The number of nitrogens with zero attached hydrogens (tertiary/aromatic N) is 2. The van der Waals surface area contributed by atoms with E-state index < -0.39 is 24.5 Å². The predicted octanol–water partition coefficient (Wildman–Crippen LogP) is 0.273. The average Bonchev–Trinajstić information content (AvgIpc) is 2.98. The number of ether oxygens (including phenoxy) is 2. The zero-order valence-electron chi connectivity index (χ0n) is 12.7. The lowest BCUT2D eigenvalue weighted by Crippen LogP contribution is -2.33. The van der Waals surface area contributed by atoms with Gasteiger partial charge in [-0.25, -0.2) is 0 Å². The fraction of sp³-hybridized carbons (Fsp3) is 0.533. The molecule has 7 heteroatoms. The van der Waals surface area contributed by atoms with Gasteiger partial charge in [-0.2, -0.15) is 4.98 Å². The third kappa shape index (κ3) is 2.17. The van der Waals surface area contributed by atoms with Crippen molar-refractivity contribution < 1.29 is 24.8 Å². The molecule has 0 spiro atoms. The van der Waals surface area contributed by atoms with Crippen LogP contribution >= 0.6 is 0 Å². The van der Waals surface area contributed by atoms with Crippen LogP contribution in [-0.4, -0.2) is 56.9 Å². The molecule has 3 rings (SSSR count). The maximum Gasteiger partial charge on any atom is 0.299 e. The molecule has 1 aliphatic heterocycles. The molecule has 7 nitrogen and oxygen atoms in total. The Balaban J connectivity index is 2.15. The van der Waals surface area contributed by atoms with E-state index in [4.69, 9.17) is 9.47 Å². The van der Waals surface area contributed by atoms with Crippen molar-refractivity contribution in [3.8, 4) is 6.01 Å². The first kappa shape index (κ1) is 15.2. The summed E-state index contributed by atoms with van der Waals surface area (Å²) in [5.41, 5.74) is 3.64. The van der Waals surface area contributed by atoms with Gasteiger partial charge in [0.1, 0.15) is 18.3 Å². The van der Waals surface area contributed by atoms with Crippen molar-refractivity contribution in [3.63, 3.8) is 0 Å². The lowest BCUT2D eigenvalue weighted by molar-refractivity contribution is -0.0535. The zero-order valence-corrected chi connectivity index (χ0v) is 12.7. The van der Waals surface area contributed by atoms with Crippen LogP contribution in [0.2, 0.25) is 0 Å². The SMILES string of the molecule is COc1nc2cc(C)c(C)cc2n1[C@@H]1O[C@@H](CO)[C@@H](O)[C@H]1O. The third-order valence-corrected chi connectivity index (χ3v) is 4.23. The van der Waals surface area contributed by atoms with Crippen molar-refractivity contribution in [2.45, 2.75) is 38.4 Å². The molecule has 3 N–H and O–H groups in total. The van der Waals surface area contributed by atoms with Crippen molar-refractivity contribution in [3.05, 3.63) is 23.3 Å². The topological polar surface area (TPSA) is 97.0 Å². The van der Waals surface area contributed by atoms with Gasteiger partial charge in [-0.1, -0.05) is 0 Å². The van der Waals surface area contributed by atoms with E-state index >= 15 is 0 Å². The maximum absolute atomic E-state index is 10.2. The molecule has 1 aromatic heterocycles. The van der Waals surface area contributed by atoms with Crippen LogP contribution in [0, 0.1) is 13.8 Å². The van der Waals surface area contributed by atoms with Gasteiger partial charge in [0.25, 0.3) is 6.01 Å². The Morgan fingerprint density at radius 2 is 1.91 bits per heavy atom. The van der Waals surface area contributed by atoms with E-state index in [1.165, 1.54) is 7.11 Å². The second-order valence-electron chi connectivity index (χ2n) is 5.62. The molecule has 0 unspecified atom stereocenters. The Kier molecular flexibility index (Phi) is 3.82. The number of aliphatic hydroxyl groups is 3. The zero-order chi connectivity index (χ0) is 16.0. The molecule has 0 bridgehead atoms. The molecule has 120 valence electrons. The fourth-order valence-electron chi connectivity index (χ4n) is 2.81. The summed E-state index contributed by atoms with van der Waals surface area (Å²) in [6.45, 7) is 3.60. The Morgan fingerprint density at radius 1 is 1.23 bits per heavy atom. The largest absolute Gasteiger partial charge is 0.468 e. The van der Waals surface area contributed by atoms with E-state index in [2.05, 4.69) is 4.98 Å². The summed E-state index contributed by atoms with van der Waals surface area (Å²) in [6, 6.07) is 4.16. The van der Waals surface area contributed by atoms with Gasteiger partial charge in [0.2, 0.25) is 0 Å². The van der Waals surface area contributed by atoms with Gasteiger partial charge >= 0.3 is 0 Å². The summed E-state index contributed by atoms with van der Waals surface area (Å²) >= 11 is 0. The summed E-state index contributed by atoms with van der Waals surface area (Å²) in [7, 11) is 1.48. The molecule has 2 aromatic rings. The summed E-state index contributed by atoms with van der Waals surface area (Å²) in [4.78, 5) is 4.39. The van der Waals surface area contributed by atoms with Crippen LogP contribution < -0.4 is 4.74 Å². The van der Waals surface area contributed by atoms with E-state index in [0.717, 1.165) is 22.2 Å². The van der Waals surface area contributed by atoms with Gasteiger partial charge in [0.05, 0.1) is 24.8 Å². The first-order valence-electron chi connectivity index (χ1n) is 7.13. The number of hydrogen-bond acceptors (Lipinski definition) is 6. The Hall–Kier alpha value is -1.67. The smallest absolute Gasteiger partial charge is 0.299 e. The van der Waals surface area contributed by atoms with Gasteiger partial charge in [0.15, 0.2) is 6.23 Å². The Labute approximate surface area is 127 Å². The number of aliphatic hydroxyl groups excluding tert-OH is 3. The predicted molar refractivity (Wildman–Crippen MR) is 78.8 cm³/mol. The third-order valence-electron chi connectivity index (χ3n) is 4.23. The number of benzene rings is 1. The van der Waals surface area contributed by atoms with Crippen molar-refractivity contribution >= 4 is 11.0 Å². The highest BCUT2D eigenvalue weighted by Gasteiger charge is 2.44. The molecule has 1 fully saturated rings. The van der Waals surface area contributed by atoms with E-state index in [1.807, 2.05) is 26.0 Å². The molecule has 1 aromatic carbocycles. The van der Waals surface area contributed by atoms with E-state index in [-0.39, 0.29) is 12.6 Å². The van der Waals surface area contributed by atoms with Gasteiger partial charge in [-0.15, -0.1) is 0 Å². The van der Waals surface area contributed by atoms with Crippen molar-refractivity contribution in [1.29, 1.82) is 0 Å². The Morgan fingerprint density at radius 3 is 2.50 bits per heavy atom. The molecule has 0 radical (unpaired) electrons. The van der Waals surface area contributed by atoms with Crippen molar-refractivity contribution in [1.82, 2.24) is 9.55 Å².